The average Bonchev–Trinajstić information content (AvgIpc) is 3.13. The van der Waals surface area contributed by atoms with E-state index >= 15 is 0 Å². The lowest BCUT2D eigenvalue weighted by atomic mass is 9.95. The van der Waals surface area contributed by atoms with Crippen molar-refractivity contribution in [1.82, 2.24) is 0 Å². The predicted octanol–water partition coefficient (Wildman–Crippen LogP) is 5.42. The Bertz CT molecular complexity index is 1210. The Labute approximate surface area is 199 Å². The minimum Gasteiger partial charge on any atom is -0.507 e. The van der Waals surface area contributed by atoms with Gasteiger partial charge in [-0.15, -0.1) is 0 Å². The standard InChI is InChI=1S/C28H27NO5/c1-4-17-34-23-13-9-19(10-14-23)25-24(26(30)20-7-5-18(2)6-8-20)27(31)28(32)29(25)21-11-15-22(33-3)16-12-21/h5-16,25,30H,4,17H2,1-3H3/b26-24+. The zero-order valence-corrected chi connectivity index (χ0v) is 19.4. The number of aryl methyl sites for hydroxylation is 1. The van der Waals surface area contributed by atoms with Gasteiger partial charge in [-0.2, -0.15) is 0 Å². The van der Waals surface area contributed by atoms with Crippen LogP contribution in [0.15, 0.2) is 78.4 Å². The van der Waals surface area contributed by atoms with Gasteiger partial charge >= 0.3 is 0 Å². The summed E-state index contributed by atoms with van der Waals surface area (Å²) < 4.78 is 10.9. The number of carbonyl (C=O) groups excluding carboxylic acids is 2. The molecule has 0 saturated carbocycles. The van der Waals surface area contributed by atoms with Gasteiger partial charge in [0.05, 0.1) is 25.3 Å². The Hall–Kier alpha value is -4.06. The van der Waals surface area contributed by atoms with Crippen LogP contribution in [0.5, 0.6) is 11.5 Å². The fraction of sp³-hybridized carbons (Fsp3) is 0.214. The molecular formula is C28H27NO5. The van der Waals surface area contributed by atoms with Crippen molar-refractivity contribution in [2.45, 2.75) is 26.3 Å². The van der Waals surface area contributed by atoms with E-state index in [1.807, 2.05) is 50.2 Å². The Morgan fingerprint density at radius 3 is 2.12 bits per heavy atom. The number of hydrogen-bond donors (Lipinski definition) is 1. The fourth-order valence-corrected chi connectivity index (χ4v) is 3.99. The van der Waals surface area contributed by atoms with E-state index in [9.17, 15) is 14.7 Å². The lowest BCUT2D eigenvalue weighted by molar-refractivity contribution is -0.132. The van der Waals surface area contributed by atoms with Crippen molar-refractivity contribution in [2.75, 3.05) is 18.6 Å². The molecule has 6 heteroatoms. The van der Waals surface area contributed by atoms with E-state index in [0.29, 0.717) is 34.9 Å². The number of benzene rings is 3. The van der Waals surface area contributed by atoms with Crippen LogP contribution >= 0.6 is 0 Å². The van der Waals surface area contributed by atoms with Crippen LogP contribution < -0.4 is 14.4 Å². The number of hydrogen-bond acceptors (Lipinski definition) is 5. The maximum absolute atomic E-state index is 13.2. The third-order valence-corrected chi connectivity index (χ3v) is 5.79. The highest BCUT2D eigenvalue weighted by Gasteiger charge is 2.47. The van der Waals surface area contributed by atoms with Gasteiger partial charge in [0.1, 0.15) is 17.3 Å². The largest absolute Gasteiger partial charge is 0.507 e. The number of anilines is 1. The second kappa shape index (κ2) is 9.83. The van der Waals surface area contributed by atoms with Crippen molar-refractivity contribution in [1.29, 1.82) is 0 Å². The molecule has 1 atom stereocenters. The summed E-state index contributed by atoms with van der Waals surface area (Å²) in [5.74, 6) is -0.300. The number of aliphatic hydroxyl groups is 1. The van der Waals surface area contributed by atoms with Gasteiger partial charge in [0.25, 0.3) is 11.7 Å². The van der Waals surface area contributed by atoms with Gasteiger partial charge in [-0.3, -0.25) is 14.5 Å². The van der Waals surface area contributed by atoms with E-state index in [4.69, 9.17) is 9.47 Å². The molecule has 1 aliphatic rings. The molecule has 1 fully saturated rings. The zero-order chi connectivity index (χ0) is 24.2. The predicted molar refractivity (Wildman–Crippen MR) is 131 cm³/mol. The third kappa shape index (κ3) is 4.39. The van der Waals surface area contributed by atoms with Gasteiger partial charge in [0.2, 0.25) is 0 Å². The molecule has 1 N–H and O–H groups in total. The molecule has 6 nitrogen and oxygen atoms in total. The van der Waals surface area contributed by atoms with E-state index in [-0.39, 0.29) is 11.3 Å². The van der Waals surface area contributed by atoms with Crippen molar-refractivity contribution < 1.29 is 24.2 Å². The van der Waals surface area contributed by atoms with Crippen LogP contribution in [-0.2, 0) is 9.59 Å². The summed E-state index contributed by atoms with van der Waals surface area (Å²) in [7, 11) is 1.56. The Morgan fingerprint density at radius 2 is 1.53 bits per heavy atom. The number of carbonyl (C=O) groups is 2. The van der Waals surface area contributed by atoms with Crippen molar-refractivity contribution >= 4 is 23.1 Å². The number of nitrogens with zero attached hydrogens (tertiary/aromatic N) is 1. The summed E-state index contributed by atoms with van der Waals surface area (Å²) in [5.41, 5.74) is 2.77. The van der Waals surface area contributed by atoms with E-state index in [0.717, 1.165) is 12.0 Å². The third-order valence-electron chi connectivity index (χ3n) is 5.79. The van der Waals surface area contributed by atoms with E-state index in [2.05, 4.69) is 0 Å². The zero-order valence-electron chi connectivity index (χ0n) is 19.4. The lowest BCUT2D eigenvalue weighted by Crippen LogP contribution is -2.29. The number of rotatable bonds is 7. The summed E-state index contributed by atoms with van der Waals surface area (Å²) in [6.07, 6.45) is 0.885. The molecule has 0 aromatic heterocycles. The number of amides is 1. The molecule has 0 radical (unpaired) electrons. The first-order chi connectivity index (χ1) is 16.4. The molecule has 1 aliphatic heterocycles. The Kier molecular flexibility index (Phi) is 6.68. The van der Waals surface area contributed by atoms with Gasteiger partial charge in [0.15, 0.2) is 0 Å². The molecule has 1 amide bonds. The maximum Gasteiger partial charge on any atom is 0.300 e. The van der Waals surface area contributed by atoms with Gasteiger partial charge < -0.3 is 14.6 Å². The number of ether oxygens (including phenoxy) is 2. The van der Waals surface area contributed by atoms with Crippen molar-refractivity contribution in [2.24, 2.45) is 0 Å². The molecule has 1 unspecified atom stereocenters. The smallest absolute Gasteiger partial charge is 0.300 e. The summed E-state index contributed by atoms with van der Waals surface area (Å²) in [6, 6.07) is 20.6. The Morgan fingerprint density at radius 1 is 0.912 bits per heavy atom. The highest BCUT2D eigenvalue weighted by molar-refractivity contribution is 6.51. The number of methoxy groups -OCH3 is 1. The summed E-state index contributed by atoms with van der Waals surface area (Å²) in [6.45, 7) is 4.56. The van der Waals surface area contributed by atoms with E-state index in [1.54, 1.807) is 43.5 Å². The molecule has 0 bridgehead atoms. The van der Waals surface area contributed by atoms with Crippen LogP contribution in [0.4, 0.5) is 5.69 Å². The number of aliphatic hydroxyl groups excluding tert-OH is 1. The van der Waals surface area contributed by atoms with Gasteiger partial charge in [-0.25, -0.2) is 0 Å². The van der Waals surface area contributed by atoms with Crippen LogP contribution in [0.25, 0.3) is 5.76 Å². The normalized spacial score (nSPS) is 17.1. The molecule has 0 aliphatic carbocycles. The first-order valence-electron chi connectivity index (χ1n) is 11.2. The van der Waals surface area contributed by atoms with Crippen molar-refractivity contribution in [3.05, 3.63) is 95.1 Å². The number of ketones is 1. The highest BCUT2D eigenvalue weighted by Crippen LogP contribution is 2.42. The minimum absolute atomic E-state index is 0.0481. The SMILES string of the molecule is CCCOc1ccc(C2/C(=C(\O)c3ccc(C)cc3)C(=O)C(=O)N2c2ccc(OC)cc2)cc1. The van der Waals surface area contributed by atoms with Crippen molar-refractivity contribution in [3.8, 4) is 11.5 Å². The van der Waals surface area contributed by atoms with Crippen LogP contribution in [0.2, 0.25) is 0 Å². The number of Topliss-reactive ketones (excluding diaryl/α,β-unsaturated/α-hetero) is 1. The summed E-state index contributed by atoms with van der Waals surface area (Å²) >= 11 is 0. The second-order valence-corrected chi connectivity index (χ2v) is 8.15. The quantitative estimate of drug-likeness (QED) is 0.291. The summed E-state index contributed by atoms with van der Waals surface area (Å²) in [5, 5.41) is 11.2. The molecule has 1 heterocycles. The molecule has 4 rings (SSSR count). The molecule has 0 spiro atoms. The fourth-order valence-electron chi connectivity index (χ4n) is 3.99. The van der Waals surface area contributed by atoms with Gasteiger partial charge in [0, 0.05) is 11.3 Å². The molecule has 3 aromatic carbocycles. The topological polar surface area (TPSA) is 76.1 Å². The van der Waals surface area contributed by atoms with Gasteiger partial charge in [-0.1, -0.05) is 48.9 Å². The average molecular weight is 458 g/mol. The summed E-state index contributed by atoms with van der Waals surface area (Å²) in [4.78, 5) is 27.9. The highest BCUT2D eigenvalue weighted by atomic mass is 16.5. The molecule has 34 heavy (non-hydrogen) atoms. The van der Waals surface area contributed by atoms with E-state index < -0.39 is 17.7 Å². The maximum atomic E-state index is 13.2. The molecular weight excluding hydrogens is 430 g/mol. The molecule has 1 saturated heterocycles. The van der Waals surface area contributed by atoms with Crippen LogP contribution in [0, 0.1) is 6.92 Å². The first-order valence-corrected chi connectivity index (χ1v) is 11.2. The van der Waals surface area contributed by atoms with Crippen molar-refractivity contribution in [3.63, 3.8) is 0 Å². The molecule has 174 valence electrons. The monoisotopic (exact) mass is 457 g/mol. The van der Waals surface area contributed by atoms with Gasteiger partial charge in [-0.05, 0) is 55.3 Å². The van der Waals surface area contributed by atoms with Crippen LogP contribution in [0.3, 0.4) is 0 Å². The second-order valence-electron chi connectivity index (χ2n) is 8.15. The minimum atomic E-state index is -0.796. The Balaban J connectivity index is 1.85. The first kappa shape index (κ1) is 23.1. The van der Waals surface area contributed by atoms with E-state index in [1.165, 1.54) is 4.90 Å². The lowest BCUT2D eigenvalue weighted by Gasteiger charge is -2.25. The van der Waals surface area contributed by atoms with Crippen LogP contribution in [-0.4, -0.2) is 30.5 Å². The van der Waals surface area contributed by atoms with Crippen LogP contribution in [0.1, 0.15) is 36.1 Å². The molecule has 3 aromatic rings.